The number of hydrogen-bond acceptors (Lipinski definition) is 4. The predicted octanol–water partition coefficient (Wildman–Crippen LogP) is 5.36. The van der Waals surface area contributed by atoms with Gasteiger partial charge in [0.2, 0.25) is 11.8 Å². The Labute approximate surface area is 234 Å². The van der Waals surface area contributed by atoms with Crippen molar-refractivity contribution in [3.63, 3.8) is 0 Å². The molecule has 10 heteroatoms. The molecule has 2 amide bonds. The number of aryl methyl sites for hydroxylation is 2. The third kappa shape index (κ3) is 6.87. The first kappa shape index (κ1) is 29.5. The molecule has 3 rings (SSSR count). The van der Waals surface area contributed by atoms with Crippen LogP contribution in [0, 0.1) is 13.8 Å². The van der Waals surface area contributed by atoms with E-state index in [1.165, 1.54) is 17.0 Å². The van der Waals surface area contributed by atoms with Crippen LogP contribution < -0.4 is 9.62 Å². The van der Waals surface area contributed by atoms with Crippen LogP contribution in [0.5, 0.6) is 0 Å². The lowest BCUT2D eigenvalue weighted by molar-refractivity contribution is -0.139. The van der Waals surface area contributed by atoms with E-state index in [2.05, 4.69) is 5.32 Å². The minimum atomic E-state index is -4.13. The minimum absolute atomic E-state index is 0.0458. The molecule has 0 saturated heterocycles. The van der Waals surface area contributed by atoms with Crippen LogP contribution in [0.3, 0.4) is 0 Å². The third-order valence-electron chi connectivity index (χ3n) is 6.01. The summed E-state index contributed by atoms with van der Waals surface area (Å²) in [5.74, 6) is -0.966. The van der Waals surface area contributed by atoms with Gasteiger partial charge in [0, 0.05) is 28.7 Å². The van der Waals surface area contributed by atoms with Crippen LogP contribution in [0.15, 0.2) is 71.6 Å². The lowest BCUT2D eigenvalue weighted by Gasteiger charge is -2.32. The summed E-state index contributed by atoms with van der Waals surface area (Å²) in [5, 5.41) is 3.39. The summed E-state index contributed by atoms with van der Waals surface area (Å²) in [4.78, 5) is 28.1. The highest BCUT2D eigenvalue weighted by Crippen LogP contribution is 2.29. The van der Waals surface area contributed by atoms with Crippen LogP contribution in [0.4, 0.5) is 5.69 Å². The quantitative estimate of drug-likeness (QED) is 0.352. The van der Waals surface area contributed by atoms with Gasteiger partial charge in [-0.1, -0.05) is 53.5 Å². The molecule has 0 unspecified atom stereocenters. The van der Waals surface area contributed by atoms with Gasteiger partial charge in [0.15, 0.2) is 0 Å². The molecule has 38 heavy (non-hydrogen) atoms. The smallest absolute Gasteiger partial charge is 0.264 e. The van der Waals surface area contributed by atoms with Gasteiger partial charge in [-0.2, -0.15) is 0 Å². The number of likely N-dealkylation sites (N-methyl/N-ethyl adjacent to an activating group) is 1. The van der Waals surface area contributed by atoms with E-state index in [4.69, 9.17) is 23.2 Å². The van der Waals surface area contributed by atoms with Crippen LogP contribution in [0.25, 0.3) is 0 Å². The Morgan fingerprint density at radius 2 is 1.50 bits per heavy atom. The first-order valence-electron chi connectivity index (χ1n) is 12.1. The molecule has 1 N–H and O–H groups in total. The summed E-state index contributed by atoms with van der Waals surface area (Å²) in [5.41, 5.74) is 2.50. The zero-order valence-electron chi connectivity index (χ0n) is 21.7. The van der Waals surface area contributed by atoms with Crippen molar-refractivity contribution in [2.24, 2.45) is 0 Å². The summed E-state index contributed by atoms with van der Waals surface area (Å²) in [6.45, 7) is 6.82. The maximum atomic E-state index is 13.9. The fourth-order valence-electron chi connectivity index (χ4n) is 4.10. The highest BCUT2D eigenvalue weighted by atomic mass is 35.5. The molecule has 1 atom stereocenters. The molecule has 0 spiro atoms. The van der Waals surface area contributed by atoms with E-state index in [1.807, 2.05) is 19.9 Å². The molecule has 0 heterocycles. The van der Waals surface area contributed by atoms with Crippen molar-refractivity contribution in [2.45, 2.75) is 45.2 Å². The minimum Gasteiger partial charge on any atom is -0.355 e. The number of rotatable bonds is 10. The fraction of sp³-hybridized carbons (Fsp3) is 0.286. The van der Waals surface area contributed by atoms with Gasteiger partial charge in [0.05, 0.1) is 10.6 Å². The number of anilines is 1. The van der Waals surface area contributed by atoms with E-state index in [0.717, 1.165) is 15.4 Å². The second kappa shape index (κ2) is 12.7. The Balaban J connectivity index is 2.09. The highest BCUT2D eigenvalue weighted by molar-refractivity contribution is 7.92. The molecule has 0 bridgehead atoms. The van der Waals surface area contributed by atoms with Crippen LogP contribution in [-0.2, 0) is 26.2 Å². The molecular formula is C28H31Cl2N3O4S. The molecule has 0 fully saturated rings. The molecule has 0 radical (unpaired) electrons. The molecule has 0 aliphatic heterocycles. The van der Waals surface area contributed by atoms with Crippen molar-refractivity contribution < 1.29 is 18.0 Å². The van der Waals surface area contributed by atoms with Crippen LogP contribution in [-0.4, -0.2) is 44.3 Å². The van der Waals surface area contributed by atoms with E-state index in [1.54, 1.807) is 62.4 Å². The number of carbonyl (C=O) groups excluding carboxylic acids is 2. The average Bonchev–Trinajstić information content (AvgIpc) is 2.86. The molecule has 0 saturated carbocycles. The Morgan fingerprint density at radius 1 is 0.921 bits per heavy atom. The first-order valence-corrected chi connectivity index (χ1v) is 14.3. The Morgan fingerprint density at radius 3 is 2.05 bits per heavy atom. The van der Waals surface area contributed by atoms with E-state index in [0.29, 0.717) is 27.8 Å². The molecule has 3 aromatic carbocycles. The number of carbonyl (C=O) groups is 2. The van der Waals surface area contributed by atoms with Gasteiger partial charge < -0.3 is 10.2 Å². The lowest BCUT2D eigenvalue weighted by atomic mass is 10.1. The maximum absolute atomic E-state index is 13.9. The van der Waals surface area contributed by atoms with Crippen molar-refractivity contribution in [2.75, 3.05) is 17.4 Å². The van der Waals surface area contributed by atoms with Crippen molar-refractivity contribution >= 4 is 50.7 Å². The topological polar surface area (TPSA) is 86.8 Å². The van der Waals surface area contributed by atoms with Gasteiger partial charge in [-0.3, -0.25) is 13.9 Å². The molecule has 0 aliphatic rings. The van der Waals surface area contributed by atoms with Crippen LogP contribution in [0.1, 0.15) is 30.5 Å². The zero-order valence-corrected chi connectivity index (χ0v) is 24.1. The summed E-state index contributed by atoms with van der Waals surface area (Å²) < 4.78 is 28.7. The summed E-state index contributed by atoms with van der Waals surface area (Å²) >= 11 is 12.8. The Hall–Kier alpha value is -3.07. The lowest BCUT2D eigenvalue weighted by Crippen LogP contribution is -2.51. The molecule has 0 aliphatic carbocycles. The second-order valence-electron chi connectivity index (χ2n) is 8.96. The van der Waals surface area contributed by atoms with E-state index < -0.39 is 28.5 Å². The van der Waals surface area contributed by atoms with Gasteiger partial charge in [-0.05, 0) is 75.2 Å². The van der Waals surface area contributed by atoms with Crippen molar-refractivity contribution in [3.05, 3.63) is 93.5 Å². The number of amides is 2. The second-order valence-corrected chi connectivity index (χ2v) is 11.6. The highest BCUT2D eigenvalue weighted by Gasteiger charge is 2.33. The van der Waals surface area contributed by atoms with Gasteiger partial charge in [-0.15, -0.1) is 0 Å². The number of halogens is 2. The first-order chi connectivity index (χ1) is 17.9. The van der Waals surface area contributed by atoms with Gasteiger partial charge >= 0.3 is 0 Å². The normalized spacial score (nSPS) is 12.1. The predicted molar refractivity (Wildman–Crippen MR) is 152 cm³/mol. The number of hydrogen-bond donors (Lipinski definition) is 1. The maximum Gasteiger partial charge on any atom is 0.264 e. The number of benzene rings is 3. The van der Waals surface area contributed by atoms with Gasteiger partial charge in [-0.25, -0.2) is 8.42 Å². The molecule has 0 aromatic heterocycles. The number of nitrogens with one attached hydrogen (secondary N) is 1. The number of nitrogens with zero attached hydrogens (tertiary/aromatic N) is 2. The fourth-order valence-corrected chi connectivity index (χ4v) is 6.04. The SMILES string of the molecule is CCNC(=O)[C@H](C)N(Cc1c(Cl)cccc1Cl)C(=O)CN(c1cc(C)cc(C)c1)S(=O)(=O)c1ccccc1. The van der Waals surface area contributed by atoms with E-state index in [-0.39, 0.29) is 17.3 Å². The largest absolute Gasteiger partial charge is 0.355 e. The van der Waals surface area contributed by atoms with E-state index >= 15 is 0 Å². The number of sulfonamides is 1. The van der Waals surface area contributed by atoms with Crippen molar-refractivity contribution in [3.8, 4) is 0 Å². The molecule has 3 aromatic rings. The Kier molecular flexibility index (Phi) is 9.82. The van der Waals surface area contributed by atoms with Gasteiger partial charge in [0.25, 0.3) is 10.0 Å². The standard InChI is InChI=1S/C28H31Cl2N3O4S/c1-5-31-28(35)21(4)32(17-24-25(29)12-9-13-26(24)30)27(34)18-33(22-15-19(2)14-20(3)16-22)38(36,37)23-10-7-6-8-11-23/h6-16,21H,5,17-18H2,1-4H3,(H,31,35)/t21-/m0/s1. The zero-order chi connectivity index (χ0) is 28.0. The van der Waals surface area contributed by atoms with Crippen molar-refractivity contribution in [1.82, 2.24) is 10.2 Å². The monoisotopic (exact) mass is 575 g/mol. The summed E-state index contributed by atoms with van der Waals surface area (Å²) in [6, 6.07) is 17.3. The van der Waals surface area contributed by atoms with Gasteiger partial charge in [0.1, 0.15) is 12.6 Å². The van der Waals surface area contributed by atoms with Crippen LogP contribution >= 0.6 is 23.2 Å². The summed E-state index contributed by atoms with van der Waals surface area (Å²) in [7, 11) is -4.13. The molecular weight excluding hydrogens is 545 g/mol. The third-order valence-corrected chi connectivity index (χ3v) is 8.51. The van der Waals surface area contributed by atoms with Crippen LogP contribution in [0.2, 0.25) is 10.0 Å². The van der Waals surface area contributed by atoms with E-state index in [9.17, 15) is 18.0 Å². The molecule has 202 valence electrons. The molecule has 7 nitrogen and oxygen atoms in total. The summed E-state index contributed by atoms with van der Waals surface area (Å²) in [6.07, 6.45) is 0. The average molecular weight is 577 g/mol. The Bertz CT molecular complexity index is 1370. The van der Waals surface area contributed by atoms with Crippen molar-refractivity contribution in [1.29, 1.82) is 0 Å².